The van der Waals surface area contributed by atoms with E-state index in [0.717, 1.165) is 56.6 Å². The van der Waals surface area contributed by atoms with Crippen LogP contribution in [0, 0.1) is 57.7 Å². The standard InChI is InChI=1S/C44H62N2O10/c1-22(2)10-14-41(4)35-34(49)36(50)42(5)31(43(35)20-53-33(48)18-32(43)55-41)11-13-40(3)37(54-39(51)38-44(40,42)56-38)26-12-15-52-30(26)17-27-25-8-6-24(28-19-45-21-46-28)16-23(25)7-9-29(27)47/h12,15,22-25,27-29,31-32,35-38,45-47,50H,6-11,13-14,16-21H2,1-5H3/t23-,24+,25+,27-,28-,29-,31+,32+,35-,36-,37+,38-,40+,41+,42+,43+,44-/m1/s1. The number of epoxide rings is 1. The van der Waals surface area contributed by atoms with E-state index in [9.17, 15) is 19.8 Å². The molecule has 0 amide bonds. The molecule has 4 aliphatic carbocycles. The van der Waals surface area contributed by atoms with Crippen molar-refractivity contribution in [3.8, 4) is 0 Å². The first-order chi connectivity index (χ1) is 26.7. The lowest BCUT2D eigenvalue weighted by atomic mass is 9.36. The molecule has 4 saturated carbocycles. The highest BCUT2D eigenvalue weighted by atomic mass is 16.7. The molecule has 10 rings (SSSR count). The molecule has 5 aliphatic heterocycles. The van der Waals surface area contributed by atoms with E-state index in [-0.39, 0.29) is 36.6 Å². The largest absolute Gasteiger partial charge is 0.469 e. The SMILES string of the molecule is CC(C)CC[C@]1(C)O[C@H]2CC(=O)OC[C@]23[C@H]2CC[C@@]4(C)[C@H](c5ccoc5C[C@@H]5[C@H]6CC[C@H]([C@H]7CNCN7)C[C@H]6CC[C@H]5O)OC(=O)[C@H]5O[C@]54[C@]2(C)[C@H](O)C(=O)[C@@H]31. The molecule has 12 heteroatoms. The fourth-order valence-electron chi connectivity index (χ4n) is 15.2. The molecule has 9 fully saturated rings. The molecule has 17 atom stereocenters. The average Bonchev–Trinajstić information content (AvgIpc) is 3.42. The summed E-state index contributed by atoms with van der Waals surface area (Å²) in [6.45, 7) is 12.2. The summed E-state index contributed by atoms with van der Waals surface area (Å²) >= 11 is 0. The van der Waals surface area contributed by atoms with Crippen LogP contribution in [0.5, 0.6) is 0 Å². The summed E-state index contributed by atoms with van der Waals surface area (Å²) in [5, 5.41) is 31.2. The molecular weight excluding hydrogens is 716 g/mol. The van der Waals surface area contributed by atoms with E-state index in [1.165, 1.54) is 6.42 Å². The lowest BCUT2D eigenvalue weighted by Crippen LogP contribution is -2.76. The van der Waals surface area contributed by atoms with Crippen molar-refractivity contribution in [3.63, 3.8) is 0 Å². The molecule has 9 aliphatic rings. The van der Waals surface area contributed by atoms with Gasteiger partial charge in [0, 0.05) is 47.5 Å². The average molecular weight is 779 g/mol. The molecule has 6 heterocycles. The van der Waals surface area contributed by atoms with Crippen LogP contribution in [-0.4, -0.2) is 89.4 Å². The third-order valence-electron chi connectivity index (χ3n) is 17.8. The monoisotopic (exact) mass is 778 g/mol. The maximum absolute atomic E-state index is 15.0. The van der Waals surface area contributed by atoms with Crippen LogP contribution < -0.4 is 10.6 Å². The van der Waals surface area contributed by atoms with E-state index in [2.05, 4.69) is 31.4 Å². The summed E-state index contributed by atoms with van der Waals surface area (Å²) in [7, 11) is 0. The number of ether oxygens (including phenoxy) is 4. The predicted octanol–water partition coefficient (Wildman–Crippen LogP) is 4.39. The van der Waals surface area contributed by atoms with Crippen molar-refractivity contribution < 1.29 is 48.0 Å². The zero-order valence-corrected chi connectivity index (χ0v) is 33.7. The first-order valence-corrected chi connectivity index (χ1v) is 21.8. The maximum atomic E-state index is 15.0. The number of hydrogen-bond donors (Lipinski definition) is 4. The van der Waals surface area contributed by atoms with Crippen molar-refractivity contribution in [2.45, 2.75) is 153 Å². The second-order valence-corrected chi connectivity index (χ2v) is 20.7. The van der Waals surface area contributed by atoms with Gasteiger partial charge in [0.25, 0.3) is 0 Å². The Bertz CT molecular complexity index is 1780. The minimum absolute atomic E-state index is 0.0284. The molecule has 1 aromatic rings. The first kappa shape index (κ1) is 37.9. The zero-order chi connectivity index (χ0) is 39.2. The van der Waals surface area contributed by atoms with Gasteiger partial charge < -0.3 is 44.2 Å². The van der Waals surface area contributed by atoms with E-state index >= 15 is 4.79 Å². The predicted molar refractivity (Wildman–Crippen MR) is 200 cm³/mol. The van der Waals surface area contributed by atoms with Gasteiger partial charge in [0.1, 0.15) is 30.2 Å². The van der Waals surface area contributed by atoms with Crippen LogP contribution in [0.15, 0.2) is 16.7 Å². The molecule has 0 bridgehead atoms. The molecule has 0 aromatic carbocycles. The van der Waals surface area contributed by atoms with Crippen LogP contribution in [0.4, 0.5) is 0 Å². The fourth-order valence-corrected chi connectivity index (χ4v) is 15.2. The van der Waals surface area contributed by atoms with E-state index in [1.807, 2.05) is 19.9 Å². The van der Waals surface area contributed by atoms with Gasteiger partial charge in [-0.05, 0) is 106 Å². The number of aliphatic hydroxyl groups excluding tert-OH is 2. The number of carbonyl (C=O) groups excluding carboxylic acids is 3. The van der Waals surface area contributed by atoms with Crippen LogP contribution in [0.2, 0.25) is 0 Å². The van der Waals surface area contributed by atoms with E-state index in [0.29, 0.717) is 55.4 Å². The van der Waals surface area contributed by atoms with Crippen molar-refractivity contribution in [2.24, 2.45) is 57.7 Å². The lowest BCUT2D eigenvalue weighted by Gasteiger charge is -2.66. The lowest BCUT2D eigenvalue weighted by molar-refractivity contribution is -0.252. The van der Waals surface area contributed by atoms with Gasteiger partial charge in [-0.2, -0.15) is 0 Å². The van der Waals surface area contributed by atoms with Gasteiger partial charge in [0.2, 0.25) is 0 Å². The summed E-state index contributed by atoms with van der Waals surface area (Å²) in [5.74, 6) is 0.557. The number of furan rings is 1. The van der Waals surface area contributed by atoms with Crippen LogP contribution >= 0.6 is 0 Å². The van der Waals surface area contributed by atoms with Crippen LogP contribution in [0.25, 0.3) is 0 Å². The molecule has 0 radical (unpaired) electrons. The Balaban J connectivity index is 0.985. The van der Waals surface area contributed by atoms with Crippen LogP contribution in [0.3, 0.4) is 0 Å². The number of cyclic esters (lactones) is 2. The quantitative estimate of drug-likeness (QED) is 0.228. The summed E-state index contributed by atoms with van der Waals surface area (Å²) in [6.07, 6.45) is 5.98. The van der Waals surface area contributed by atoms with Crippen molar-refractivity contribution >= 4 is 17.7 Å². The molecule has 56 heavy (non-hydrogen) atoms. The molecule has 5 saturated heterocycles. The molecule has 1 aromatic heterocycles. The molecule has 12 nitrogen and oxygen atoms in total. The topological polar surface area (TPSA) is 169 Å². The highest BCUT2D eigenvalue weighted by molar-refractivity contribution is 5.92. The summed E-state index contributed by atoms with van der Waals surface area (Å²) in [4.78, 5) is 42.1. The van der Waals surface area contributed by atoms with Gasteiger partial charge >= 0.3 is 11.9 Å². The molecule has 308 valence electrons. The van der Waals surface area contributed by atoms with Crippen molar-refractivity contribution in [2.75, 3.05) is 19.8 Å². The van der Waals surface area contributed by atoms with Crippen LogP contribution in [0.1, 0.15) is 116 Å². The van der Waals surface area contributed by atoms with Crippen molar-refractivity contribution in [1.29, 1.82) is 0 Å². The second-order valence-electron chi connectivity index (χ2n) is 20.7. The molecular formula is C44H62N2O10. The zero-order valence-electron chi connectivity index (χ0n) is 33.7. The normalized spacial score (nSPS) is 51.9. The number of fused-ring (bicyclic) bond motifs is 2. The number of rotatable bonds is 7. The van der Waals surface area contributed by atoms with E-state index in [4.69, 9.17) is 23.4 Å². The van der Waals surface area contributed by atoms with Gasteiger partial charge in [-0.15, -0.1) is 0 Å². The Hall–Kier alpha value is -2.35. The summed E-state index contributed by atoms with van der Waals surface area (Å²) < 4.78 is 32.2. The molecule has 4 N–H and O–H groups in total. The van der Waals surface area contributed by atoms with Gasteiger partial charge in [-0.1, -0.05) is 27.7 Å². The Morgan fingerprint density at radius 1 is 0.982 bits per heavy atom. The van der Waals surface area contributed by atoms with Gasteiger partial charge in [0.05, 0.1) is 36.4 Å². The Morgan fingerprint density at radius 3 is 2.55 bits per heavy atom. The number of Topliss-reactive ketones (excluding diaryl/α,β-unsaturated/α-hetero) is 1. The van der Waals surface area contributed by atoms with Gasteiger partial charge in [0.15, 0.2) is 11.9 Å². The highest BCUT2D eigenvalue weighted by Crippen LogP contribution is 2.80. The Labute approximate surface area is 329 Å². The molecule has 0 unspecified atom stereocenters. The third kappa shape index (κ3) is 4.89. The Morgan fingerprint density at radius 2 is 1.79 bits per heavy atom. The number of esters is 2. The smallest absolute Gasteiger partial charge is 0.339 e. The maximum Gasteiger partial charge on any atom is 0.339 e. The third-order valence-corrected chi connectivity index (χ3v) is 17.8. The fraction of sp³-hybridized carbons (Fsp3) is 0.841. The van der Waals surface area contributed by atoms with Gasteiger partial charge in [-0.3, -0.25) is 9.59 Å². The first-order valence-electron chi connectivity index (χ1n) is 21.8. The number of aliphatic hydroxyl groups is 2. The van der Waals surface area contributed by atoms with Crippen molar-refractivity contribution in [1.82, 2.24) is 10.6 Å². The van der Waals surface area contributed by atoms with E-state index in [1.54, 1.807) is 6.26 Å². The number of ketones is 1. The van der Waals surface area contributed by atoms with E-state index < -0.39 is 69.9 Å². The van der Waals surface area contributed by atoms with Crippen LogP contribution in [-0.2, 0) is 39.8 Å². The Kier molecular flexibility index (Phi) is 8.68. The van der Waals surface area contributed by atoms with Gasteiger partial charge in [-0.25, -0.2) is 4.79 Å². The minimum Gasteiger partial charge on any atom is -0.469 e. The van der Waals surface area contributed by atoms with Crippen molar-refractivity contribution in [3.05, 3.63) is 23.7 Å². The minimum atomic E-state index is -1.43. The summed E-state index contributed by atoms with van der Waals surface area (Å²) in [6, 6.07) is 2.42. The molecule has 2 spiro atoms. The number of nitrogens with one attached hydrogen (secondary N) is 2. The second kappa shape index (κ2) is 12.8. The number of hydrogen-bond acceptors (Lipinski definition) is 12. The number of carbonyl (C=O) groups is 3. The summed E-state index contributed by atoms with van der Waals surface area (Å²) in [5.41, 5.74) is -4.21. The highest BCUT2D eigenvalue weighted by Gasteiger charge is 2.91.